The zero-order valence-electron chi connectivity index (χ0n) is 47.4. The van der Waals surface area contributed by atoms with Crippen LogP contribution in [0.4, 0.5) is 5.69 Å². The molecule has 2 unspecified atom stereocenters. The largest absolute Gasteiger partial charge is 0.459 e. The maximum Gasteiger partial charge on any atom is 0.311 e. The Balaban J connectivity index is 1.11. The molecule has 8 rings (SSSR count). The van der Waals surface area contributed by atoms with Gasteiger partial charge in [0.15, 0.2) is 12.6 Å². The van der Waals surface area contributed by atoms with Crippen molar-refractivity contribution in [2.45, 2.75) is 230 Å². The molecule has 5 N–H and O–H groups in total. The number of nitrogens with one attached hydrogen (secondary N) is 1. The summed E-state index contributed by atoms with van der Waals surface area (Å²) < 4.78 is 44.9. The van der Waals surface area contributed by atoms with Crippen LogP contribution in [0.3, 0.4) is 0 Å². The van der Waals surface area contributed by atoms with Crippen molar-refractivity contribution in [1.82, 2.24) is 10.2 Å². The second kappa shape index (κ2) is 23.5. The number of non-ortho nitro benzene ring substituents is 1. The van der Waals surface area contributed by atoms with Crippen molar-refractivity contribution in [1.29, 1.82) is 0 Å². The summed E-state index contributed by atoms with van der Waals surface area (Å²) in [6, 6.07) is 6.50. The molecule has 20 atom stereocenters. The van der Waals surface area contributed by atoms with Crippen LogP contribution in [0.2, 0.25) is 0 Å². The van der Waals surface area contributed by atoms with Gasteiger partial charge in [-0.25, -0.2) is 0 Å². The number of carbonyl (C=O) groups is 3. The first-order chi connectivity index (χ1) is 35.6. The average molecular weight is 1070 g/mol. The van der Waals surface area contributed by atoms with E-state index in [9.17, 15) is 44.9 Å². The van der Waals surface area contributed by atoms with Gasteiger partial charge in [-0.15, -0.1) is 0 Å². The van der Waals surface area contributed by atoms with Gasteiger partial charge in [-0.1, -0.05) is 39.8 Å². The third kappa shape index (κ3) is 12.0. The fourth-order valence-electron chi connectivity index (χ4n) is 15.2. The Hall–Kier alpha value is -3.21. The fraction of sp³-hybridized carbons (Fsp3) is 0.842. The van der Waals surface area contributed by atoms with Crippen LogP contribution < -0.4 is 5.32 Å². The van der Waals surface area contributed by atoms with Crippen LogP contribution >= 0.6 is 0 Å². The molecular weight excluding hydrogens is 983 g/mol. The van der Waals surface area contributed by atoms with Crippen LogP contribution in [0.1, 0.15) is 145 Å². The van der Waals surface area contributed by atoms with Crippen molar-refractivity contribution < 1.29 is 72.9 Å². The molecule has 1 amide bonds. The van der Waals surface area contributed by atoms with E-state index in [4.69, 9.17) is 33.2 Å². The standard InChI is InChI=1S/C57H91N3O16/c1-14-42-55(10,67)47(63)33(4)44(61)31(2)24-54(9,71-13)49(34(5)46(35(6)50(65)74-42)75-43-29-53(8,70-12)48(64)36(7)73-43)76-51-45(62)41(22-32(3)72-51)59(11)21-15-20-58-52(66)57-27-37-23-38(28-57)26-56(25-37,30-57)39-16-18-40(19-17-39)60(68)69/h16-19,31-38,41-43,45-49,51,62-64,67H,14-15,20-30H2,1-13H3,(H,58,66)/t31-,32-,33+,34+,35-,36+,37?,38?,41+,42-,43+,45-,46+,47-,48+,49-,51+,53-,54-,55-,56?,57?/m1/s1. The van der Waals surface area contributed by atoms with Gasteiger partial charge in [0.2, 0.25) is 5.91 Å². The minimum atomic E-state index is -2.01. The van der Waals surface area contributed by atoms with Crippen molar-refractivity contribution in [2.24, 2.45) is 40.9 Å². The number of nitro groups is 1. The first-order valence-electron chi connectivity index (χ1n) is 28.0. The summed E-state index contributed by atoms with van der Waals surface area (Å²) in [5, 5.41) is 61.7. The van der Waals surface area contributed by atoms with E-state index in [0.29, 0.717) is 37.8 Å². The van der Waals surface area contributed by atoms with E-state index in [1.165, 1.54) is 21.1 Å². The van der Waals surface area contributed by atoms with Gasteiger partial charge in [0.1, 0.15) is 29.7 Å². The van der Waals surface area contributed by atoms with Gasteiger partial charge in [0.25, 0.3) is 5.69 Å². The number of methoxy groups -OCH3 is 2. The number of likely N-dealkylation sites (N-methyl/N-ethyl adjacent to an activating group) is 1. The first-order valence-corrected chi connectivity index (χ1v) is 28.0. The number of esters is 1. The van der Waals surface area contributed by atoms with Crippen LogP contribution in [0, 0.1) is 51.0 Å². The minimum absolute atomic E-state index is 0.0538. The van der Waals surface area contributed by atoms with Crippen molar-refractivity contribution in [3.63, 3.8) is 0 Å². The van der Waals surface area contributed by atoms with Gasteiger partial charge in [-0.3, -0.25) is 24.5 Å². The smallest absolute Gasteiger partial charge is 0.311 e. The lowest BCUT2D eigenvalue weighted by Crippen LogP contribution is -2.61. The Labute approximate surface area is 449 Å². The number of aliphatic hydroxyl groups excluding tert-OH is 3. The molecular formula is C57H91N3O16. The van der Waals surface area contributed by atoms with Crippen LogP contribution in [-0.4, -0.2) is 167 Å². The zero-order valence-corrected chi connectivity index (χ0v) is 47.4. The fourth-order valence-corrected chi connectivity index (χ4v) is 15.2. The topological polar surface area (TPSA) is 255 Å². The number of hydrogen-bond acceptors (Lipinski definition) is 17. The molecule has 4 bridgehead atoms. The van der Waals surface area contributed by atoms with Gasteiger partial charge in [0.05, 0.1) is 58.0 Å². The Morgan fingerprint density at radius 2 is 1.49 bits per heavy atom. The lowest BCUT2D eigenvalue weighted by Gasteiger charge is -2.61. The number of amides is 1. The van der Waals surface area contributed by atoms with E-state index in [0.717, 1.165) is 44.1 Å². The van der Waals surface area contributed by atoms with Crippen LogP contribution in [0.5, 0.6) is 0 Å². The van der Waals surface area contributed by atoms with Gasteiger partial charge in [-0.05, 0) is 142 Å². The lowest BCUT2D eigenvalue weighted by atomic mass is 9.42. The van der Waals surface area contributed by atoms with E-state index in [1.807, 2.05) is 33.0 Å². The van der Waals surface area contributed by atoms with E-state index in [-0.39, 0.29) is 53.1 Å². The van der Waals surface area contributed by atoms with Crippen LogP contribution in [0.15, 0.2) is 24.3 Å². The number of ketones is 1. The molecule has 4 aliphatic carbocycles. The second-order valence-corrected chi connectivity index (χ2v) is 25.1. The molecule has 1 aromatic rings. The third-order valence-electron chi connectivity index (χ3n) is 19.4. The molecule has 7 aliphatic rings. The molecule has 19 heteroatoms. The first kappa shape index (κ1) is 60.4. The summed E-state index contributed by atoms with van der Waals surface area (Å²) >= 11 is 0. The summed E-state index contributed by atoms with van der Waals surface area (Å²) in [5.41, 5.74) is -3.95. The van der Waals surface area contributed by atoms with E-state index in [1.54, 1.807) is 60.6 Å². The number of aliphatic hydroxyl groups is 4. The summed E-state index contributed by atoms with van der Waals surface area (Å²) in [6.45, 7) is 18.0. The predicted molar refractivity (Wildman–Crippen MR) is 280 cm³/mol. The van der Waals surface area contributed by atoms with Crippen molar-refractivity contribution in [2.75, 3.05) is 34.4 Å². The highest BCUT2D eigenvalue weighted by Gasteiger charge is 2.61. The lowest BCUT2D eigenvalue weighted by molar-refractivity contribution is -0.384. The Bertz CT molecular complexity index is 2180. The normalized spacial score (nSPS) is 45.3. The molecule has 19 nitrogen and oxygen atoms in total. The molecule has 4 saturated carbocycles. The number of ether oxygens (including phenoxy) is 7. The summed E-state index contributed by atoms with van der Waals surface area (Å²) in [4.78, 5) is 56.3. The predicted octanol–water partition coefficient (Wildman–Crippen LogP) is 5.76. The summed E-state index contributed by atoms with van der Waals surface area (Å²) in [7, 11) is 4.92. The van der Waals surface area contributed by atoms with E-state index in [2.05, 4.69) is 10.2 Å². The number of nitrogens with zero attached hydrogens (tertiary/aromatic N) is 2. The Kier molecular flexibility index (Phi) is 18.7. The summed E-state index contributed by atoms with van der Waals surface area (Å²) in [5.74, 6) is -3.88. The summed E-state index contributed by atoms with van der Waals surface area (Å²) in [6.07, 6.45) is -3.66. The minimum Gasteiger partial charge on any atom is -0.459 e. The average Bonchev–Trinajstić information content (AvgIpc) is 3.39. The molecule has 3 saturated heterocycles. The quantitative estimate of drug-likeness (QED) is 0.0605. The number of benzene rings is 1. The Morgan fingerprint density at radius 1 is 0.855 bits per heavy atom. The molecule has 7 fully saturated rings. The number of Topliss-reactive ketones (excluding diaryl/α,β-unsaturated/α-hetero) is 1. The van der Waals surface area contributed by atoms with E-state index >= 15 is 0 Å². The SMILES string of the molecule is CC[C@H]1OC(=O)[C@H](C)[C@@H](O[C@H]2C[C@@](C)(OC)[C@@H](O)[C@H](C)O2)[C@H](C)[C@@H](O[C@@H]2O[C@H](C)C[C@H](N(C)CCCNC(=O)C34CC5CC(C3)CC(c3ccc([N+](=O)[O-])cc3)(C5)C4)[C@H]2O)[C@](C)(OC)C[C@@H](C)C(=O)[C@H](C)[C@@H](O)[C@]1(C)O. The maximum atomic E-state index is 14.5. The van der Waals surface area contributed by atoms with Crippen molar-refractivity contribution >= 4 is 23.3 Å². The molecule has 0 spiro atoms. The molecule has 76 heavy (non-hydrogen) atoms. The molecule has 0 radical (unpaired) electrons. The van der Waals surface area contributed by atoms with Gasteiger partial charge >= 0.3 is 5.97 Å². The van der Waals surface area contributed by atoms with Crippen molar-refractivity contribution in [3.8, 4) is 0 Å². The van der Waals surface area contributed by atoms with Gasteiger partial charge in [0, 0.05) is 63.1 Å². The third-order valence-corrected chi connectivity index (χ3v) is 19.4. The number of rotatable bonds is 15. The Morgan fingerprint density at radius 3 is 2.08 bits per heavy atom. The number of cyclic esters (lactones) is 1. The second-order valence-electron chi connectivity index (χ2n) is 25.1. The molecule has 3 heterocycles. The van der Waals surface area contributed by atoms with E-state index < -0.39 is 113 Å². The highest BCUT2D eigenvalue weighted by molar-refractivity contribution is 5.84. The molecule has 0 aromatic heterocycles. The van der Waals surface area contributed by atoms with Crippen molar-refractivity contribution in [3.05, 3.63) is 39.9 Å². The molecule has 1 aromatic carbocycles. The van der Waals surface area contributed by atoms with Crippen LogP contribution in [0.25, 0.3) is 0 Å². The number of nitro benzene ring substituents is 1. The monoisotopic (exact) mass is 1070 g/mol. The van der Waals surface area contributed by atoms with Crippen LogP contribution in [-0.2, 0) is 53.0 Å². The highest BCUT2D eigenvalue weighted by Crippen LogP contribution is 2.66. The number of carbonyl (C=O) groups excluding carboxylic acids is 3. The zero-order chi connectivity index (χ0) is 56.0. The maximum absolute atomic E-state index is 14.5. The van der Waals surface area contributed by atoms with Gasteiger partial charge in [-0.2, -0.15) is 0 Å². The highest BCUT2D eigenvalue weighted by atomic mass is 16.7. The van der Waals surface area contributed by atoms with Gasteiger partial charge < -0.3 is 63.8 Å². The molecule has 430 valence electrons. The molecule has 3 aliphatic heterocycles. The number of hydrogen-bond donors (Lipinski definition) is 5.